The van der Waals surface area contributed by atoms with Crippen molar-refractivity contribution in [2.24, 2.45) is 0 Å². The summed E-state index contributed by atoms with van der Waals surface area (Å²) < 4.78 is 16.4. The molecule has 1 amide bonds. The minimum absolute atomic E-state index is 0.0117. The molecule has 0 unspecified atom stereocenters. The van der Waals surface area contributed by atoms with E-state index in [0.29, 0.717) is 27.3 Å². The highest BCUT2D eigenvalue weighted by atomic mass is 79.9. The summed E-state index contributed by atoms with van der Waals surface area (Å²) in [4.78, 5) is 12.1. The van der Waals surface area contributed by atoms with Crippen molar-refractivity contribution in [1.29, 1.82) is 5.26 Å². The smallest absolute Gasteiger partial charge is 0.262 e. The number of benzene rings is 1. The number of hydrogen-bond acceptors (Lipinski definition) is 5. The van der Waals surface area contributed by atoms with Gasteiger partial charge in [0.05, 0.1) is 17.3 Å². The van der Waals surface area contributed by atoms with Gasteiger partial charge in [-0.2, -0.15) is 5.26 Å². The van der Waals surface area contributed by atoms with Gasteiger partial charge in [0, 0.05) is 0 Å². The Kier molecular flexibility index (Phi) is 4.35. The minimum Gasteiger partial charge on any atom is -0.467 e. The van der Waals surface area contributed by atoms with E-state index in [-0.39, 0.29) is 18.9 Å². The zero-order valence-corrected chi connectivity index (χ0v) is 13.4. The van der Waals surface area contributed by atoms with Crippen LogP contribution in [0.2, 0.25) is 0 Å². The van der Waals surface area contributed by atoms with Crippen LogP contribution in [0.1, 0.15) is 11.3 Å². The van der Waals surface area contributed by atoms with E-state index < -0.39 is 5.91 Å². The molecule has 0 fully saturated rings. The van der Waals surface area contributed by atoms with Crippen molar-refractivity contribution in [2.45, 2.75) is 6.54 Å². The van der Waals surface area contributed by atoms with Gasteiger partial charge in [-0.25, -0.2) is 0 Å². The number of ether oxygens (including phenoxy) is 2. The number of fused-ring (bicyclic) bond motifs is 1. The molecule has 0 saturated heterocycles. The zero-order chi connectivity index (χ0) is 16.2. The molecule has 6 nitrogen and oxygen atoms in total. The molecule has 0 atom stereocenters. The lowest BCUT2D eigenvalue weighted by Crippen LogP contribution is -2.23. The van der Waals surface area contributed by atoms with Crippen LogP contribution in [0.5, 0.6) is 11.5 Å². The Labute approximate surface area is 140 Å². The van der Waals surface area contributed by atoms with Crippen LogP contribution < -0.4 is 14.8 Å². The zero-order valence-electron chi connectivity index (χ0n) is 11.8. The molecular weight excluding hydrogens is 364 g/mol. The predicted molar refractivity (Wildman–Crippen MR) is 84.4 cm³/mol. The lowest BCUT2D eigenvalue weighted by atomic mass is 10.1. The van der Waals surface area contributed by atoms with Crippen LogP contribution in [0.3, 0.4) is 0 Å². The number of halogens is 1. The van der Waals surface area contributed by atoms with Crippen molar-refractivity contribution in [2.75, 3.05) is 6.79 Å². The van der Waals surface area contributed by atoms with Crippen LogP contribution in [0.15, 0.2) is 45.0 Å². The summed E-state index contributed by atoms with van der Waals surface area (Å²) in [6.45, 7) is 0.367. The first kappa shape index (κ1) is 15.2. The van der Waals surface area contributed by atoms with Crippen molar-refractivity contribution in [3.63, 3.8) is 0 Å². The summed E-state index contributed by atoms with van der Waals surface area (Å²) in [6, 6.07) is 8.84. The molecule has 7 heteroatoms. The topological polar surface area (TPSA) is 84.5 Å². The van der Waals surface area contributed by atoms with Crippen LogP contribution in [0, 0.1) is 11.3 Å². The van der Waals surface area contributed by atoms with Crippen molar-refractivity contribution < 1.29 is 18.7 Å². The number of carbonyl (C=O) groups excluding carboxylic acids is 1. The fraction of sp³-hybridized carbons (Fsp3) is 0.125. The molecule has 2 heterocycles. The standard InChI is InChI=1S/C16H11BrN2O4/c17-13-5-10(6-14-15(13)23-9-22-14)4-11(7-18)16(20)19-8-12-2-1-3-21-12/h1-6H,8-9H2,(H,19,20). The summed E-state index contributed by atoms with van der Waals surface area (Å²) in [5.41, 5.74) is 0.646. The molecule has 1 aromatic carbocycles. The Balaban J connectivity index is 1.77. The number of amides is 1. The molecule has 3 rings (SSSR count). The first-order chi connectivity index (χ1) is 11.2. The van der Waals surface area contributed by atoms with Crippen LogP contribution in [-0.4, -0.2) is 12.7 Å². The molecule has 1 aliphatic heterocycles. The molecule has 1 aromatic heterocycles. The van der Waals surface area contributed by atoms with E-state index in [1.807, 2.05) is 6.07 Å². The molecule has 0 aliphatic carbocycles. The van der Waals surface area contributed by atoms with Crippen LogP contribution in [-0.2, 0) is 11.3 Å². The fourth-order valence-corrected chi connectivity index (χ4v) is 2.64. The largest absolute Gasteiger partial charge is 0.467 e. The Morgan fingerprint density at radius 1 is 1.43 bits per heavy atom. The van der Waals surface area contributed by atoms with E-state index in [0.717, 1.165) is 0 Å². The van der Waals surface area contributed by atoms with Gasteiger partial charge >= 0.3 is 0 Å². The molecule has 23 heavy (non-hydrogen) atoms. The quantitative estimate of drug-likeness (QED) is 0.656. The number of rotatable bonds is 4. The van der Waals surface area contributed by atoms with Gasteiger partial charge in [-0.05, 0) is 51.8 Å². The van der Waals surface area contributed by atoms with E-state index in [1.165, 1.54) is 12.3 Å². The molecule has 0 radical (unpaired) electrons. The first-order valence-corrected chi connectivity index (χ1v) is 7.48. The SMILES string of the molecule is N#CC(=Cc1cc(Br)c2c(c1)OCO2)C(=O)NCc1ccco1. The maximum Gasteiger partial charge on any atom is 0.262 e. The minimum atomic E-state index is -0.474. The maximum atomic E-state index is 12.1. The number of carbonyl (C=O) groups is 1. The van der Waals surface area contributed by atoms with Gasteiger partial charge in [0.15, 0.2) is 11.5 Å². The molecule has 116 valence electrons. The summed E-state index contributed by atoms with van der Waals surface area (Å²) in [7, 11) is 0. The number of furan rings is 1. The van der Waals surface area contributed by atoms with Gasteiger partial charge in [-0.3, -0.25) is 4.79 Å². The fourth-order valence-electron chi connectivity index (χ4n) is 2.06. The van der Waals surface area contributed by atoms with Crippen molar-refractivity contribution in [1.82, 2.24) is 5.32 Å². The Morgan fingerprint density at radius 3 is 3.04 bits per heavy atom. The average Bonchev–Trinajstić information content (AvgIpc) is 3.21. The van der Waals surface area contributed by atoms with E-state index in [4.69, 9.17) is 13.9 Å². The van der Waals surface area contributed by atoms with E-state index in [2.05, 4.69) is 21.2 Å². The van der Waals surface area contributed by atoms with E-state index in [9.17, 15) is 10.1 Å². The van der Waals surface area contributed by atoms with Gasteiger partial charge in [0.2, 0.25) is 6.79 Å². The first-order valence-electron chi connectivity index (χ1n) is 6.69. The van der Waals surface area contributed by atoms with Crippen molar-refractivity contribution in [3.05, 3.63) is 51.9 Å². The summed E-state index contributed by atoms with van der Waals surface area (Å²) >= 11 is 3.37. The summed E-state index contributed by atoms with van der Waals surface area (Å²) in [5.74, 6) is 1.32. The Morgan fingerprint density at radius 2 is 2.30 bits per heavy atom. The van der Waals surface area contributed by atoms with Crippen LogP contribution in [0.25, 0.3) is 6.08 Å². The third kappa shape index (κ3) is 3.38. The van der Waals surface area contributed by atoms with E-state index in [1.54, 1.807) is 24.3 Å². The van der Waals surface area contributed by atoms with Crippen LogP contribution in [0.4, 0.5) is 0 Å². The lowest BCUT2D eigenvalue weighted by Gasteiger charge is -2.04. The maximum absolute atomic E-state index is 12.1. The molecular formula is C16H11BrN2O4. The molecule has 1 N–H and O–H groups in total. The molecule has 2 aromatic rings. The monoisotopic (exact) mass is 374 g/mol. The number of nitriles is 1. The van der Waals surface area contributed by atoms with E-state index >= 15 is 0 Å². The van der Waals surface area contributed by atoms with Gasteiger partial charge in [-0.15, -0.1) is 0 Å². The van der Waals surface area contributed by atoms with Crippen LogP contribution >= 0.6 is 15.9 Å². The molecule has 1 aliphatic rings. The predicted octanol–water partition coefficient (Wildman–Crippen LogP) is 2.99. The Hall–Kier alpha value is -2.72. The number of nitrogens with zero attached hydrogens (tertiary/aromatic N) is 1. The second-order valence-electron chi connectivity index (χ2n) is 4.67. The van der Waals surface area contributed by atoms with Crippen molar-refractivity contribution >= 4 is 27.9 Å². The highest BCUT2D eigenvalue weighted by Crippen LogP contribution is 2.40. The van der Waals surface area contributed by atoms with Gasteiger partial charge in [0.25, 0.3) is 5.91 Å². The van der Waals surface area contributed by atoms with Gasteiger partial charge in [-0.1, -0.05) is 0 Å². The normalized spacial score (nSPS) is 12.8. The third-order valence-corrected chi connectivity index (χ3v) is 3.72. The third-order valence-electron chi connectivity index (χ3n) is 3.13. The highest BCUT2D eigenvalue weighted by molar-refractivity contribution is 9.10. The molecule has 0 spiro atoms. The summed E-state index contributed by atoms with van der Waals surface area (Å²) in [5, 5.41) is 11.8. The van der Waals surface area contributed by atoms with Gasteiger partial charge in [0.1, 0.15) is 17.4 Å². The number of hydrogen-bond donors (Lipinski definition) is 1. The second kappa shape index (κ2) is 6.58. The lowest BCUT2D eigenvalue weighted by molar-refractivity contribution is -0.117. The summed E-state index contributed by atoms with van der Waals surface area (Å²) in [6.07, 6.45) is 3.01. The average molecular weight is 375 g/mol. The Bertz CT molecular complexity index is 806. The second-order valence-corrected chi connectivity index (χ2v) is 5.52. The number of nitrogens with one attached hydrogen (secondary N) is 1. The van der Waals surface area contributed by atoms with Crippen molar-refractivity contribution in [3.8, 4) is 17.6 Å². The highest BCUT2D eigenvalue weighted by Gasteiger charge is 2.18. The molecule has 0 saturated carbocycles. The van der Waals surface area contributed by atoms with Gasteiger partial charge < -0.3 is 19.2 Å². The molecule has 0 bridgehead atoms.